The third-order valence-electron chi connectivity index (χ3n) is 3.79. The van der Waals surface area contributed by atoms with E-state index in [0.29, 0.717) is 0 Å². The summed E-state index contributed by atoms with van der Waals surface area (Å²) in [6.45, 7) is 8.01. The van der Waals surface area contributed by atoms with Crippen LogP contribution >= 0.6 is 0 Å². The number of rotatable bonds is 7. The molecule has 0 aromatic carbocycles. The van der Waals surface area contributed by atoms with Crippen molar-refractivity contribution in [2.24, 2.45) is 5.92 Å². The van der Waals surface area contributed by atoms with E-state index in [2.05, 4.69) is 11.5 Å². The van der Waals surface area contributed by atoms with Crippen LogP contribution in [0, 0.1) is 19.8 Å². The Bertz CT molecular complexity index is 430. The molecule has 0 atom stereocenters. The van der Waals surface area contributed by atoms with Crippen LogP contribution in [0.1, 0.15) is 47.9 Å². The fraction of sp³-hybridized carbons (Fsp3) is 0.667. The average molecular weight is 249 g/mol. The van der Waals surface area contributed by atoms with Crippen molar-refractivity contribution >= 4 is 5.78 Å². The summed E-state index contributed by atoms with van der Waals surface area (Å²) in [6.07, 6.45) is 3.80. The summed E-state index contributed by atoms with van der Waals surface area (Å²) in [7, 11) is 0. The molecule has 18 heavy (non-hydrogen) atoms. The summed E-state index contributed by atoms with van der Waals surface area (Å²) in [5, 5.41) is 0. The van der Waals surface area contributed by atoms with Gasteiger partial charge in [-0.2, -0.15) is 0 Å². The molecule has 0 N–H and O–H groups in total. The van der Waals surface area contributed by atoms with Crippen molar-refractivity contribution in [2.75, 3.05) is 13.2 Å². The number of ether oxygens (including phenoxy) is 1. The van der Waals surface area contributed by atoms with Crippen LogP contribution < -0.4 is 0 Å². The number of ketones is 1. The molecule has 0 aliphatic heterocycles. The van der Waals surface area contributed by atoms with Gasteiger partial charge in [-0.05, 0) is 39.2 Å². The van der Waals surface area contributed by atoms with Crippen LogP contribution in [0.15, 0.2) is 6.07 Å². The first kappa shape index (κ1) is 13.3. The molecule has 0 spiro atoms. The molecular formula is C15H23NO2. The molecule has 2 rings (SSSR count). The molecule has 1 aliphatic rings. The minimum atomic E-state index is 0.110. The first-order valence-corrected chi connectivity index (χ1v) is 6.91. The number of Topliss-reactive ketones (excluding diaryl/α,β-unsaturated/α-hetero) is 1. The molecule has 100 valence electrons. The van der Waals surface area contributed by atoms with Crippen molar-refractivity contribution in [1.82, 2.24) is 4.57 Å². The van der Waals surface area contributed by atoms with Crippen LogP contribution in [0.25, 0.3) is 0 Å². The first-order valence-electron chi connectivity index (χ1n) is 6.91. The lowest BCUT2D eigenvalue weighted by Crippen LogP contribution is -2.11. The van der Waals surface area contributed by atoms with Gasteiger partial charge in [0.1, 0.15) is 6.61 Å². The van der Waals surface area contributed by atoms with Gasteiger partial charge in [-0.3, -0.25) is 4.79 Å². The average Bonchev–Trinajstić information content (AvgIpc) is 3.11. The van der Waals surface area contributed by atoms with Crippen molar-refractivity contribution in [3.63, 3.8) is 0 Å². The highest BCUT2D eigenvalue weighted by Gasteiger charge is 2.21. The second kappa shape index (κ2) is 5.70. The summed E-state index contributed by atoms with van der Waals surface area (Å²) >= 11 is 0. The number of carbonyl (C=O) groups excluding carboxylic acids is 1. The lowest BCUT2D eigenvalue weighted by Gasteiger charge is -2.06. The summed E-state index contributed by atoms with van der Waals surface area (Å²) in [6, 6.07) is 1.98. The summed E-state index contributed by atoms with van der Waals surface area (Å²) in [5.41, 5.74) is 3.03. The lowest BCUT2D eigenvalue weighted by molar-refractivity contribution is 0.0748. The van der Waals surface area contributed by atoms with Gasteiger partial charge in [-0.15, -0.1) is 0 Å². The molecule has 3 nitrogen and oxygen atoms in total. The lowest BCUT2D eigenvalue weighted by atomic mass is 10.1. The molecule has 1 saturated carbocycles. The fourth-order valence-corrected chi connectivity index (χ4v) is 2.47. The van der Waals surface area contributed by atoms with E-state index < -0.39 is 0 Å². The van der Waals surface area contributed by atoms with Gasteiger partial charge in [0.25, 0.3) is 0 Å². The number of carbonyl (C=O) groups is 1. The molecule has 1 aromatic heterocycles. The van der Waals surface area contributed by atoms with Gasteiger partial charge in [0.05, 0.1) is 0 Å². The van der Waals surface area contributed by atoms with Crippen LogP contribution in [-0.4, -0.2) is 23.6 Å². The highest BCUT2D eigenvalue weighted by Crippen LogP contribution is 2.32. The molecule has 1 aromatic rings. The van der Waals surface area contributed by atoms with Gasteiger partial charge in [0, 0.05) is 30.1 Å². The molecule has 0 radical (unpaired) electrons. The topological polar surface area (TPSA) is 31.2 Å². The largest absolute Gasteiger partial charge is 0.373 e. The minimum absolute atomic E-state index is 0.110. The molecular weight excluding hydrogens is 226 g/mol. The first-order chi connectivity index (χ1) is 8.63. The van der Waals surface area contributed by atoms with Crippen molar-refractivity contribution < 1.29 is 9.53 Å². The van der Waals surface area contributed by atoms with E-state index in [1.807, 2.05) is 19.9 Å². The van der Waals surface area contributed by atoms with E-state index >= 15 is 0 Å². The molecule has 0 saturated heterocycles. The van der Waals surface area contributed by atoms with Crippen LogP contribution in [0.3, 0.4) is 0 Å². The van der Waals surface area contributed by atoms with E-state index in [-0.39, 0.29) is 12.4 Å². The third kappa shape index (κ3) is 3.02. The molecule has 1 aliphatic carbocycles. The van der Waals surface area contributed by atoms with Crippen LogP contribution in [0.2, 0.25) is 0 Å². The van der Waals surface area contributed by atoms with Crippen molar-refractivity contribution in [2.45, 2.75) is 46.6 Å². The Labute approximate surface area is 109 Å². The Morgan fingerprint density at radius 1 is 1.44 bits per heavy atom. The van der Waals surface area contributed by atoms with Gasteiger partial charge in [0.15, 0.2) is 5.78 Å². The molecule has 1 heterocycles. The Kier molecular flexibility index (Phi) is 4.23. The van der Waals surface area contributed by atoms with Crippen LogP contribution in [0.4, 0.5) is 0 Å². The fourth-order valence-electron chi connectivity index (χ4n) is 2.47. The number of hydrogen-bond donors (Lipinski definition) is 0. The number of hydrogen-bond acceptors (Lipinski definition) is 2. The summed E-state index contributed by atoms with van der Waals surface area (Å²) in [4.78, 5) is 12.1. The molecule has 3 heteroatoms. The van der Waals surface area contributed by atoms with Gasteiger partial charge in [-0.25, -0.2) is 0 Å². The Morgan fingerprint density at radius 3 is 2.72 bits per heavy atom. The maximum atomic E-state index is 12.1. The minimum Gasteiger partial charge on any atom is -0.373 e. The highest BCUT2D eigenvalue weighted by atomic mass is 16.5. The monoisotopic (exact) mass is 249 g/mol. The Morgan fingerprint density at radius 2 is 2.17 bits per heavy atom. The third-order valence-corrected chi connectivity index (χ3v) is 3.79. The van der Waals surface area contributed by atoms with Gasteiger partial charge < -0.3 is 9.30 Å². The number of nitrogens with zero attached hydrogens (tertiary/aromatic N) is 1. The maximum absolute atomic E-state index is 12.1. The second-order valence-corrected chi connectivity index (χ2v) is 5.24. The summed E-state index contributed by atoms with van der Waals surface area (Å²) < 4.78 is 7.64. The smallest absolute Gasteiger partial charge is 0.190 e. The van der Waals surface area contributed by atoms with Gasteiger partial charge in [-0.1, -0.05) is 12.8 Å². The Balaban J connectivity index is 1.87. The van der Waals surface area contributed by atoms with E-state index in [1.54, 1.807) is 0 Å². The zero-order valence-corrected chi connectivity index (χ0v) is 11.7. The molecule has 0 unspecified atom stereocenters. The quantitative estimate of drug-likeness (QED) is 0.549. The van der Waals surface area contributed by atoms with E-state index in [0.717, 1.165) is 42.4 Å². The number of aryl methyl sites for hydroxylation is 1. The second-order valence-electron chi connectivity index (χ2n) is 5.24. The van der Waals surface area contributed by atoms with Gasteiger partial charge in [0.2, 0.25) is 0 Å². The highest BCUT2D eigenvalue weighted by molar-refractivity contribution is 5.98. The van der Waals surface area contributed by atoms with Crippen molar-refractivity contribution in [3.05, 3.63) is 23.0 Å². The van der Waals surface area contributed by atoms with E-state index in [1.165, 1.54) is 12.8 Å². The van der Waals surface area contributed by atoms with Crippen LogP contribution in [-0.2, 0) is 11.3 Å². The van der Waals surface area contributed by atoms with Crippen LogP contribution in [0.5, 0.6) is 0 Å². The Hall–Kier alpha value is -1.09. The molecule has 0 bridgehead atoms. The van der Waals surface area contributed by atoms with Gasteiger partial charge >= 0.3 is 0 Å². The van der Waals surface area contributed by atoms with E-state index in [9.17, 15) is 4.79 Å². The standard InChI is InChI=1S/C15H23NO2/c1-4-16-11(2)9-14(12(16)3)15(17)10-18-8-7-13-5-6-13/h9,13H,4-8,10H2,1-3H3. The van der Waals surface area contributed by atoms with Crippen molar-refractivity contribution in [1.29, 1.82) is 0 Å². The predicted molar refractivity (Wildman–Crippen MR) is 72.1 cm³/mol. The van der Waals surface area contributed by atoms with Crippen molar-refractivity contribution in [3.8, 4) is 0 Å². The zero-order chi connectivity index (χ0) is 13.1. The number of aromatic nitrogens is 1. The SMILES string of the molecule is CCn1c(C)cc(C(=O)COCCC2CC2)c1C. The molecule has 1 fully saturated rings. The summed E-state index contributed by atoms with van der Waals surface area (Å²) in [5.74, 6) is 0.976. The predicted octanol–water partition coefficient (Wildman–Crippen LogP) is 3.12. The maximum Gasteiger partial charge on any atom is 0.190 e. The van der Waals surface area contributed by atoms with E-state index in [4.69, 9.17) is 4.74 Å². The zero-order valence-electron chi connectivity index (χ0n) is 11.7. The molecule has 0 amide bonds. The normalized spacial score (nSPS) is 15.1.